The van der Waals surface area contributed by atoms with Crippen molar-refractivity contribution in [1.82, 2.24) is 19.4 Å². The number of fused-ring (bicyclic) bond motifs is 3. The van der Waals surface area contributed by atoms with Gasteiger partial charge in [0, 0.05) is 12.1 Å². The zero-order valence-corrected chi connectivity index (χ0v) is 21.9. The standard InChI is InChI=1S/C29H27N5O3S/c1-3-20-14-22(37-21-10-8-19(16-30)9-11-21)15-23(20)28-33-29(38(35,36)26-7-5-4-6-18(26)2)25-17-32-27-24(34(25)28)12-13-31-27/h4-13,17,20,22-23,31H,3,14-15H2,1-2H3/t20-,22-,23+/m1/s1. The van der Waals surface area contributed by atoms with E-state index in [9.17, 15) is 8.42 Å². The smallest absolute Gasteiger partial charge is 0.226 e. The lowest BCUT2D eigenvalue weighted by Crippen LogP contribution is -2.12. The van der Waals surface area contributed by atoms with Gasteiger partial charge in [-0.2, -0.15) is 5.26 Å². The summed E-state index contributed by atoms with van der Waals surface area (Å²) in [5, 5.41) is 9.12. The number of nitrogens with zero attached hydrogens (tertiary/aromatic N) is 4. The molecule has 0 spiro atoms. The van der Waals surface area contributed by atoms with E-state index in [1.807, 2.05) is 28.7 Å². The van der Waals surface area contributed by atoms with Crippen molar-refractivity contribution in [3.63, 3.8) is 0 Å². The van der Waals surface area contributed by atoms with Crippen molar-refractivity contribution in [3.8, 4) is 11.8 Å². The van der Waals surface area contributed by atoms with E-state index in [4.69, 9.17) is 15.0 Å². The first-order valence-corrected chi connectivity index (χ1v) is 14.2. The Hall–Kier alpha value is -4.16. The first-order chi connectivity index (χ1) is 18.4. The van der Waals surface area contributed by atoms with Crippen LogP contribution in [0.5, 0.6) is 5.75 Å². The number of hydrogen-bond donors (Lipinski definition) is 1. The average Bonchev–Trinajstić information content (AvgIpc) is 3.65. The molecule has 0 unspecified atom stereocenters. The van der Waals surface area contributed by atoms with Gasteiger partial charge in [0.25, 0.3) is 0 Å². The molecule has 0 bridgehead atoms. The van der Waals surface area contributed by atoms with Gasteiger partial charge in [0.05, 0.1) is 34.3 Å². The predicted octanol–water partition coefficient (Wildman–Crippen LogP) is 5.57. The van der Waals surface area contributed by atoms with Crippen molar-refractivity contribution in [2.24, 2.45) is 5.92 Å². The SMILES string of the molecule is CC[C@@H]1C[C@@H](Oc2ccc(C#N)cc2)C[C@@H]1c1nc(S(=O)(=O)c2ccccc2C)c2cnc3[nH]ccc3n12. The molecule has 38 heavy (non-hydrogen) atoms. The van der Waals surface area contributed by atoms with Gasteiger partial charge in [-0.25, -0.2) is 18.4 Å². The Kier molecular flexibility index (Phi) is 5.92. The fraction of sp³-hybridized carbons (Fsp3) is 0.276. The second kappa shape index (κ2) is 9.30. The third-order valence-electron chi connectivity index (χ3n) is 7.60. The molecule has 0 radical (unpaired) electrons. The minimum atomic E-state index is -3.89. The van der Waals surface area contributed by atoms with E-state index in [0.29, 0.717) is 28.7 Å². The van der Waals surface area contributed by atoms with Crippen LogP contribution >= 0.6 is 0 Å². The summed E-state index contributed by atoms with van der Waals surface area (Å²) in [5.74, 6) is 1.70. The number of rotatable bonds is 6. The number of benzene rings is 2. The van der Waals surface area contributed by atoms with Gasteiger partial charge >= 0.3 is 0 Å². The summed E-state index contributed by atoms with van der Waals surface area (Å²) < 4.78 is 36.1. The van der Waals surface area contributed by atoms with Crippen molar-refractivity contribution in [1.29, 1.82) is 5.26 Å². The van der Waals surface area contributed by atoms with Crippen LogP contribution < -0.4 is 4.74 Å². The third kappa shape index (κ3) is 3.92. The van der Waals surface area contributed by atoms with Crippen molar-refractivity contribution >= 4 is 26.5 Å². The average molecular weight is 526 g/mol. The van der Waals surface area contributed by atoms with Crippen molar-refractivity contribution < 1.29 is 13.2 Å². The number of hydrogen-bond acceptors (Lipinski definition) is 6. The molecule has 0 saturated heterocycles. The van der Waals surface area contributed by atoms with Crippen molar-refractivity contribution in [3.05, 3.63) is 83.9 Å². The van der Waals surface area contributed by atoms with Gasteiger partial charge in [-0.15, -0.1) is 0 Å². The molecule has 1 fully saturated rings. The minimum Gasteiger partial charge on any atom is -0.490 e. The van der Waals surface area contributed by atoms with Crippen LogP contribution in [-0.4, -0.2) is 33.9 Å². The van der Waals surface area contributed by atoms with Crippen molar-refractivity contribution in [2.45, 2.75) is 55.1 Å². The van der Waals surface area contributed by atoms with E-state index < -0.39 is 9.84 Å². The third-order valence-corrected chi connectivity index (χ3v) is 9.44. The lowest BCUT2D eigenvalue weighted by molar-refractivity contribution is 0.203. The van der Waals surface area contributed by atoms with Crippen LogP contribution in [0.25, 0.3) is 16.7 Å². The number of H-pyrrole nitrogens is 1. The van der Waals surface area contributed by atoms with E-state index >= 15 is 0 Å². The minimum absolute atomic E-state index is 0.00259. The molecular weight excluding hydrogens is 498 g/mol. The summed E-state index contributed by atoms with van der Waals surface area (Å²) in [6.07, 6.45) is 5.80. The topological polar surface area (TPSA) is 113 Å². The van der Waals surface area contributed by atoms with Crippen LogP contribution in [-0.2, 0) is 9.84 Å². The number of imidazole rings is 1. The second-order valence-corrected chi connectivity index (χ2v) is 11.7. The number of aromatic nitrogens is 4. The number of nitrogens with one attached hydrogen (secondary N) is 1. The van der Waals surface area contributed by atoms with E-state index in [2.05, 4.69) is 23.0 Å². The van der Waals surface area contributed by atoms with Crippen LogP contribution in [0.2, 0.25) is 0 Å². The molecule has 5 aromatic rings. The fourth-order valence-corrected chi connectivity index (χ4v) is 7.30. The molecule has 2 aromatic carbocycles. The molecule has 6 rings (SSSR count). The number of aromatic amines is 1. The number of aryl methyl sites for hydroxylation is 1. The van der Waals surface area contributed by atoms with Crippen LogP contribution in [0.3, 0.4) is 0 Å². The second-order valence-electron chi connectivity index (χ2n) is 9.86. The summed E-state index contributed by atoms with van der Waals surface area (Å²) in [5.41, 5.74) is 3.20. The largest absolute Gasteiger partial charge is 0.490 e. The summed E-state index contributed by atoms with van der Waals surface area (Å²) >= 11 is 0. The molecule has 3 atom stereocenters. The lowest BCUT2D eigenvalue weighted by atomic mass is 9.93. The summed E-state index contributed by atoms with van der Waals surface area (Å²) in [6, 6.07) is 18.2. The molecule has 192 valence electrons. The highest BCUT2D eigenvalue weighted by Crippen LogP contribution is 2.44. The first-order valence-electron chi connectivity index (χ1n) is 12.7. The number of sulfone groups is 1. The normalized spacial score (nSPS) is 19.7. The number of nitriles is 1. The molecule has 9 heteroatoms. The predicted molar refractivity (Wildman–Crippen MR) is 143 cm³/mol. The fourth-order valence-electron chi connectivity index (χ4n) is 5.70. The Balaban J connectivity index is 1.46. The Morgan fingerprint density at radius 3 is 2.63 bits per heavy atom. The molecule has 1 saturated carbocycles. The molecule has 1 N–H and O–H groups in total. The summed E-state index contributed by atoms with van der Waals surface area (Å²) in [4.78, 5) is 12.8. The van der Waals surface area contributed by atoms with E-state index in [0.717, 1.165) is 29.9 Å². The van der Waals surface area contributed by atoms with Gasteiger partial charge in [-0.05, 0) is 67.6 Å². The Morgan fingerprint density at radius 1 is 1.11 bits per heavy atom. The maximum Gasteiger partial charge on any atom is 0.226 e. The Labute approximate surface area is 220 Å². The van der Waals surface area contributed by atoms with Gasteiger partial charge in [0.1, 0.15) is 17.1 Å². The van der Waals surface area contributed by atoms with Gasteiger partial charge in [0.2, 0.25) is 9.84 Å². The van der Waals surface area contributed by atoms with Crippen LogP contribution in [0, 0.1) is 24.2 Å². The molecule has 3 heterocycles. The van der Waals surface area contributed by atoms with E-state index in [-0.39, 0.29) is 27.9 Å². The number of ether oxygens (including phenoxy) is 1. The van der Waals surface area contributed by atoms with Crippen molar-refractivity contribution in [2.75, 3.05) is 0 Å². The molecular formula is C29H27N5O3S. The maximum atomic E-state index is 13.9. The van der Waals surface area contributed by atoms with Gasteiger partial charge in [-0.3, -0.25) is 4.40 Å². The van der Waals surface area contributed by atoms with Crippen LogP contribution in [0.15, 0.2) is 76.9 Å². The van der Waals surface area contributed by atoms with Crippen LogP contribution in [0.4, 0.5) is 0 Å². The van der Waals surface area contributed by atoms with Crippen LogP contribution in [0.1, 0.15) is 49.1 Å². The summed E-state index contributed by atoms with van der Waals surface area (Å²) in [6.45, 7) is 3.94. The maximum absolute atomic E-state index is 13.9. The lowest BCUT2D eigenvalue weighted by Gasteiger charge is -2.16. The van der Waals surface area contributed by atoms with E-state index in [1.165, 1.54) is 0 Å². The summed E-state index contributed by atoms with van der Waals surface area (Å²) in [7, 11) is -3.89. The van der Waals surface area contributed by atoms with E-state index in [1.54, 1.807) is 49.6 Å². The van der Waals surface area contributed by atoms with Gasteiger partial charge in [-0.1, -0.05) is 31.5 Å². The van der Waals surface area contributed by atoms with Gasteiger partial charge < -0.3 is 9.72 Å². The first kappa shape index (κ1) is 24.2. The zero-order valence-electron chi connectivity index (χ0n) is 21.1. The molecule has 3 aromatic heterocycles. The molecule has 8 nitrogen and oxygen atoms in total. The molecule has 0 amide bonds. The molecule has 0 aliphatic heterocycles. The van der Waals surface area contributed by atoms with Gasteiger partial charge in [0.15, 0.2) is 10.7 Å². The highest BCUT2D eigenvalue weighted by Gasteiger charge is 2.40. The zero-order chi connectivity index (χ0) is 26.4. The monoisotopic (exact) mass is 525 g/mol. The Bertz CT molecular complexity index is 1800. The highest BCUT2D eigenvalue weighted by molar-refractivity contribution is 7.91. The quantitative estimate of drug-likeness (QED) is 0.310. The molecule has 1 aliphatic rings. The molecule has 1 aliphatic carbocycles. The Morgan fingerprint density at radius 2 is 1.89 bits per heavy atom. The highest BCUT2D eigenvalue weighted by atomic mass is 32.2.